The van der Waals surface area contributed by atoms with Gasteiger partial charge in [0.2, 0.25) is 5.95 Å². The summed E-state index contributed by atoms with van der Waals surface area (Å²) < 4.78 is 8.42. The van der Waals surface area contributed by atoms with Crippen molar-refractivity contribution in [3.8, 4) is 0 Å². The first-order chi connectivity index (χ1) is 12.5. The van der Waals surface area contributed by atoms with E-state index in [0.717, 1.165) is 5.57 Å². The third-order valence-corrected chi connectivity index (χ3v) is 10.5. The lowest BCUT2D eigenvalue weighted by Crippen LogP contribution is -2.45. The lowest BCUT2D eigenvalue weighted by molar-refractivity contribution is 0.109. The number of anilines is 1. The Labute approximate surface area is 159 Å². The number of hydrogen-bond donors (Lipinski definition) is 3. The molecule has 0 spiro atoms. The molecule has 1 unspecified atom stereocenters. The van der Waals surface area contributed by atoms with Crippen LogP contribution < -0.4 is 11.3 Å². The van der Waals surface area contributed by atoms with E-state index in [0.29, 0.717) is 12.1 Å². The molecular formula is C18H29N5O3Si. The molecule has 148 valence electrons. The third kappa shape index (κ3) is 3.35. The summed E-state index contributed by atoms with van der Waals surface area (Å²) in [5, 5.41) is 10.0. The van der Waals surface area contributed by atoms with Crippen LogP contribution >= 0.6 is 0 Å². The van der Waals surface area contributed by atoms with Gasteiger partial charge >= 0.3 is 0 Å². The van der Waals surface area contributed by atoms with Crippen molar-refractivity contribution in [2.24, 2.45) is 5.92 Å². The minimum absolute atomic E-state index is 0.0304. The normalized spacial score (nSPS) is 24.1. The first-order valence-corrected chi connectivity index (χ1v) is 12.1. The number of nitrogens with one attached hydrogen (secondary N) is 1. The van der Waals surface area contributed by atoms with Gasteiger partial charge in [0, 0.05) is 5.92 Å². The summed E-state index contributed by atoms with van der Waals surface area (Å²) in [4.78, 5) is 23.0. The zero-order valence-electron chi connectivity index (χ0n) is 16.6. The van der Waals surface area contributed by atoms with Crippen molar-refractivity contribution in [2.45, 2.75) is 57.5 Å². The van der Waals surface area contributed by atoms with E-state index >= 15 is 0 Å². The number of rotatable bonds is 4. The second-order valence-corrected chi connectivity index (χ2v) is 13.6. The van der Waals surface area contributed by atoms with E-state index in [1.165, 1.54) is 0 Å². The van der Waals surface area contributed by atoms with Crippen molar-refractivity contribution in [3.05, 3.63) is 28.8 Å². The molecule has 1 aliphatic rings. The van der Waals surface area contributed by atoms with Crippen LogP contribution in [0.4, 0.5) is 5.95 Å². The molecule has 4 N–H and O–H groups in total. The molecule has 1 saturated carbocycles. The maximum Gasteiger partial charge on any atom is 0.280 e. The highest BCUT2D eigenvalue weighted by molar-refractivity contribution is 6.74. The van der Waals surface area contributed by atoms with Crippen LogP contribution in [-0.2, 0) is 4.43 Å². The van der Waals surface area contributed by atoms with Gasteiger partial charge in [-0.15, -0.1) is 0 Å². The van der Waals surface area contributed by atoms with Crippen LogP contribution in [0, 0.1) is 5.92 Å². The van der Waals surface area contributed by atoms with Crippen molar-refractivity contribution >= 4 is 25.4 Å². The van der Waals surface area contributed by atoms with Gasteiger partial charge in [0.15, 0.2) is 19.5 Å². The van der Waals surface area contributed by atoms with Crippen LogP contribution in [0.5, 0.6) is 0 Å². The van der Waals surface area contributed by atoms with Crippen LogP contribution in [0.1, 0.15) is 33.2 Å². The van der Waals surface area contributed by atoms with Crippen LogP contribution in [0.25, 0.3) is 11.2 Å². The van der Waals surface area contributed by atoms with Gasteiger partial charge in [0.1, 0.15) is 0 Å². The maximum atomic E-state index is 12.1. The number of aromatic amines is 1. The SMILES string of the molecule is C=C1C(n2cnc3c(=O)[nH]c(N)nc32)C[C@H](O[Si](C)(C)C(C)(C)C)[C@H]1CO. The lowest BCUT2D eigenvalue weighted by atomic mass is 10.0. The number of aliphatic hydroxyl groups excluding tert-OH is 1. The molecule has 0 amide bonds. The predicted molar refractivity (Wildman–Crippen MR) is 108 cm³/mol. The van der Waals surface area contributed by atoms with E-state index in [4.69, 9.17) is 10.2 Å². The average Bonchev–Trinajstić information content (AvgIpc) is 3.07. The highest BCUT2D eigenvalue weighted by Gasteiger charge is 2.46. The molecule has 0 saturated heterocycles. The molecule has 1 fully saturated rings. The number of imidazole rings is 1. The Morgan fingerprint density at radius 3 is 2.74 bits per heavy atom. The molecule has 0 bridgehead atoms. The van der Waals surface area contributed by atoms with Crippen LogP contribution in [0.3, 0.4) is 0 Å². The predicted octanol–water partition coefficient (Wildman–Crippen LogP) is 2.20. The molecule has 2 aromatic rings. The van der Waals surface area contributed by atoms with E-state index in [9.17, 15) is 9.90 Å². The zero-order chi connectivity index (χ0) is 20.1. The highest BCUT2D eigenvalue weighted by atomic mass is 28.4. The van der Waals surface area contributed by atoms with Gasteiger partial charge in [-0.3, -0.25) is 9.78 Å². The number of nitrogens with zero attached hydrogens (tertiary/aromatic N) is 3. The Bertz CT molecular complexity index is 927. The molecule has 9 heteroatoms. The Hall–Kier alpha value is -1.97. The number of aromatic nitrogens is 4. The largest absolute Gasteiger partial charge is 0.413 e. The highest BCUT2D eigenvalue weighted by Crippen LogP contribution is 2.45. The summed E-state index contributed by atoms with van der Waals surface area (Å²) in [6.07, 6.45) is 2.10. The summed E-state index contributed by atoms with van der Waals surface area (Å²) in [5.74, 6) is -0.119. The molecule has 3 atom stereocenters. The fourth-order valence-electron chi connectivity index (χ4n) is 3.41. The molecule has 3 rings (SSSR count). The lowest BCUT2D eigenvalue weighted by Gasteiger charge is -2.39. The van der Waals surface area contributed by atoms with Crippen molar-refractivity contribution in [1.29, 1.82) is 0 Å². The second kappa shape index (κ2) is 6.57. The van der Waals surface area contributed by atoms with Gasteiger partial charge in [0.25, 0.3) is 5.56 Å². The van der Waals surface area contributed by atoms with Gasteiger partial charge < -0.3 is 19.8 Å². The van der Waals surface area contributed by atoms with Crippen molar-refractivity contribution in [2.75, 3.05) is 12.3 Å². The van der Waals surface area contributed by atoms with Gasteiger partial charge in [-0.1, -0.05) is 27.4 Å². The molecule has 2 heterocycles. The first-order valence-electron chi connectivity index (χ1n) is 9.16. The molecule has 1 aliphatic carbocycles. The number of H-pyrrole nitrogens is 1. The fraction of sp³-hybridized carbons (Fsp3) is 0.611. The van der Waals surface area contributed by atoms with Gasteiger partial charge in [0.05, 0.1) is 25.1 Å². The summed E-state index contributed by atoms with van der Waals surface area (Å²) >= 11 is 0. The van der Waals surface area contributed by atoms with Crippen molar-refractivity contribution in [1.82, 2.24) is 19.5 Å². The smallest absolute Gasteiger partial charge is 0.280 e. The topological polar surface area (TPSA) is 119 Å². The standard InChI is InChI=1S/C18H29N5O3Si/c1-10-11(8-24)13(26-27(5,6)18(2,3)4)7-12(10)23-9-20-14-15(23)21-17(19)22-16(14)25/h9,11-13,24H,1,7-8H2,2-6H3,(H3,19,21,22,25)/t11-,12?,13-/m0/s1. The van der Waals surface area contributed by atoms with Crippen LogP contribution in [0.2, 0.25) is 18.1 Å². The van der Waals surface area contributed by atoms with Gasteiger partial charge in [-0.2, -0.15) is 4.98 Å². The Balaban J connectivity index is 1.97. The summed E-state index contributed by atoms with van der Waals surface area (Å²) in [6, 6.07) is -0.157. The molecule has 8 nitrogen and oxygen atoms in total. The molecule has 2 aromatic heterocycles. The number of nitrogens with two attached hydrogens (primary N) is 1. The van der Waals surface area contributed by atoms with Crippen molar-refractivity contribution < 1.29 is 9.53 Å². The zero-order valence-corrected chi connectivity index (χ0v) is 17.6. The van der Waals surface area contributed by atoms with Crippen molar-refractivity contribution in [3.63, 3.8) is 0 Å². The first kappa shape index (κ1) is 19.8. The van der Waals surface area contributed by atoms with Gasteiger partial charge in [-0.25, -0.2) is 4.98 Å². The monoisotopic (exact) mass is 391 g/mol. The van der Waals surface area contributed by atoms with Crippen LogP contribution in [-0.4, -0.2) is 45.7 Å². The summed E-state index contributed by atoms with van der Waals surface area (Å²) in [5.41, 5.74) is 6.87. The molecule has 0 aliphatic heterocycles. The number of nitrogen functional groups attached to an aromatic ring is 1. The third-order valence-electron chi connectivity index (χ3n) is 6.04. The van der Waals surface area contributed by atoms with E-state index in [2.05, 4.69) is 55.4 Å². The fourth-order valence-corrected chi connectivity index (χ4v) is 4.78. The Morgan fingerprint density at radius 2 is 2.15 bits per heavy atom. The van der Waals surface area contributed by atoms with E-state index in [-0.39, 0.29) is 46.7 Å². The molecular weight excluding hydrogens is 362 g/mol. The minimum atomic E-state index is -2.01. The second-order valence-electron chi connectivity index (χ2n) is 8.81. The van der Waals surface area contributed by atoms with Crippen LogP contribution in [0.15, 0.2) is 23.3 Å². The summed E-state index contributed by atoms with van der Waals surface area (Å²) in [6.45, 7) is 15.2. The van der Waals surface area contributed by atoms with E-state index in [1.807, 2.05) is 4.57 Å². The maximum absolute atomic E-state index is 12.1. The minimum Gasteiger partial charge on any atom is -0.413 e. The average molecular weight is 392 g/mol. The van der Waals surface area contributed by atoms with Gasteiger partial charge in [-0.05, 0) is 30.1 Å². The summed E-state index contributed by atoms with van der Waals surface area (Å²) in [7, 11) is -2.01. The molecule has 27 heavy (non-hydrogen) atoms. The number of hydrogen-bond acceptors (Lipinski definition) is 6. The number of fused-ring (bicyclic) bond motifs is 1. The molecule has 0 aromatic carbocycles. The Kier molecular flexibility index (Phi) is 4.81. The molecule has 0 radical (unpaired) electrons. The Morgan fingerprint density at radius 1 is 1.48 bits per heavy atom. The van der Waals surface area contributed by atoms with E-state index < -0.39 is 8.32 Å². The quantitative estimate of drug-likeness (QED) is 0.543. The number of aliphatic hydroxyl groups is 1. The van der Waals surface area contributed by atoms with E-state index in [1.54, 1.807) is 6.33 Å².